The summed E-state index contributed by atoms with van der Waals surface area (Å²) < 4.78 is 7.74. The molecule has 0 radical (unpaired) electrons. The summed E-state index contributed by atoms with van der Waals surface area (Å²) in [7, 11) is 0. The van der Waals surface area contributed by atoms with Crippen molar-refractivity contribution in [3.63, 3.8) is 0 Å². The van der Waals surface area contributed by atoms with E-state index in [2.05, 4.69) is 22.1 Å². The molecule has 1 aromatic heterocycles. The molecule has 0 saturated heterocycles. The lowest BCUT2D eigenvalue weighted by molar-refractivity contribution is -0.118. The molecule has 0 aliphatic heterocycles. The van der Waals surface area contributed by atoms with Gasteiger partial charge in [0.2, 0.25) is 5.91 Å². The second-order valence-electron chi connectivity index (χ2n) is 6.03. The van der Waals surface area contributed by atoms with Crippen LogP contribution in [0, 0.1) is 6.92 Å². The van der Waals surface area contributed by atoms with Crippen molar-refractivity contribution in [1.29, 1.82) is 0 Å². The number of carbonyl (C=O) groups excluding carboxylic acids is 1. The van der Waals surface area contributed by atoms with Crippen LogP contribution in [-0.2, 0) is 17.9 Å². The Labute approximate surface area is 151 Å². The Bertz CT molecular complexity index is 755. The van der Waals surface area contributed by atoms with E-state index >= 15 is 0 Å². The molecule has 1 fully saturated rings. The second-order valence-corrected chi connectivity index (χ2v) is 6.98. The third-order valence-electron chi connectivity index (χ3n) is 3.74. The minimum atomic E-state index is 0.0400. The van der Waals surface area contributed by atoms with Gasteiger partial charge >= 0.3 is 0 Å². The summed E-state index contributed by atoms with van der Waals surface area (Å²) in [5.41, 5.74) is 1.14. The fourth-order valence-electron chi connectivity index (χ4n) is 2.33. The topological polar surface area (TPSA) is 69.0 Å². The number of benzene rings is 1. The zero-order chi connectivity index (χ0) is 17.6. The van der Waals surface area contributed by atoms with Crippen LogP contribution >= 0.6 is 11.8 Å². The number of aromatic nitrogens is 3. The van der Waals surface area contributed by atoms with Crippen LogP contribution in [0.4, 0.5) is 0 Å². The third kappa shape index (κ3) is 5.09. The molecule has 0 atom stereocenters. The SMILES string of the molecule is C=CCn1c(COc2cccc(C)c2)nnc1SCC(=O)NC1CC1. The maximum atomic E-state index is 11.9. The van der Waals surface area contributed by atoms with Gasteiger partial charge in [0.25, 0.3) is 0 Å². The highest BCUT2D eigenvalue weighted by atomic mass is 32.2. The van der Waals surface area contributed by atoms with Crippen molar-refractivity contribution in [3.8, 4) is 5.75 Å². The van der Waals surface area contributed by atoms with Crippen molar-refractivity contribution in [3.05, 3.63) is 48.3 Å². The van der Waals surface area contributed by atoms with Crippen molar-refractivity contribution in [2.75, 3.05) is 5.75 Å². The number of thioether (sulfide) groups is 1. The number of nitrogens with one attached hydrogen (secondary N) is 1. The van der Waals surface area contributed by atoms with Gasteiger partial charge in [-0.3, -0.25) is 9.36 Å². The summed E-state index contributed by atoms with van der Waals surface area (Å²) in [6.07, 6.45) is 3.96. The van der Waals surface area contributed by atoms with Crippen LogP contribution in [0.5, 0.6) is 5.75 Å². The lowest BCUT2D eigenvalue weighted by atomic mass is 10.2. The van der Waals surface area contributed by atoms with Crippen molar-refractivity contribution >= 4 is 17.7 Å². The van der Waals surface area contributed by atoms with E-state index in [1.807, 2.05) is 35.8 Å². The van der Waals surface area contributed by atoms with Crippen molar-refractivity contribution < 1.29 is 9.53 Å². The predicted molar refractivity (Wildman–Crippen MR) is 97.6 cm³/mol. The van der Waals surface area contributed by atoms with E-state index in [-0.39, 0.29) is 5.91 Å². The van der Waals surface area contributed by atoms with Gasteiger partial charge in [0, 0.05) is 12.6 Å². The molecule has 3 rings (SSSR count). The fraction of sp³-hybridized carbons (Fsp3) is 0.389. The number of carbonyl (C=O) groups is 1. The van der Waals surface area contributed by atoms with Gasteiger partial charge in [-0.2, -0.15) is 0 Å². The quantitative estimate of drug-likeness (QED) is 0.551. The van der Waals surface area contributed by atoms with Gasteiger partial charge in [-0.15, -0.1) is 16.8 Å². The summed E-state index contributed by atoms with van der Waals surface area (Å²) >= 11 is 1.38. The maximum Gasteiger partial charge on any atom is 0.230 e. The molecule has 6 nitrogen and oxygen atoms in total. The molecule has 1 N–H and O–H groups in total. The molecule has 1 heterocycles. The lowest BCUT2D eigenvalue weighted by Gasteiger charge is -2.09. The van der Waals surface area contributed by atoms with Gasteiger partial charge in [-0.1, -0.05) is 30.0 Å². The minimum absolute atomic E-state index is 0.0400. The molecule has 1 aromatic carbocycles. The number of amides is 1. The number of ether oxygens (including phenoxy) is 1. The molecule has 0 unspecified atom stereocenters. The average molecular weight is 358 g/mol. The average Bonchev–Trinajstić information content (AvgIpc) is 3.32. The molecule has 0 bridgehead atoms. The molecule has 1 aliphatic rings. The third-order valence-corrected chi connectivity index (χ3v) is 4.70. The first-order valence-corrected chi connectivity index (χ1v) is 9.29. The number of hydrogen-bond donors (Lipinski definition) is 1. The highest BCUT2D eigenvalue weighted by Gasteiger charge is 2.23. The van der Waals surface area contributed by atoms with Crippen molar-refractivity contribution in [1.82, 2.24) is 20.1 Å². The highest BCUT2D eigenvalue weighted by Crippen LogP contribution is 2.21. The highest BCUT2D eigenvalue weighted by molar-refractivity contribution is 7.99. The molecule has 132 valence electrons. The maximum absolute atomic E-state index is 11.9. The Morgan fingerprint density at radius 3 is 3.04 bits per heavy atom. The summed E-state index contributed by atoms with van der Waals surface area (Å²) in [6, 6.07) is 8.25. The van der Waals surface area contributed by atoms with Crippen molar-refractivity contribution in [2.45, 2.75) is 44.1 Å². The van der Waals surface area contributed by atoms with Gasteiger partial charge in [0.05, 0.1) is 5.75 Å². The van der Waals surface area contributed by atoms with Gasteiger partial charge < -0.3 is 10.1 Å². The minimum Gasteiger partial charge on any atom is -0.486 e. The smallest absolute Gasteiger partial charge is 0.230 e. The Morgan fingerprint density at radius 2 is 2.32 bits per heavy atom. The van der Waals surface area contributed by atoms with Crippen LogP contribution < -0.4 is 10.1 Å². The summed E-state index contributed by atoms with van der Waals surface area (Å²) in [4.78, 5) is 11.9. The van der Waals surface area contributed by atoms with Crippen LogP contribution in [0.25, 0.3) is 0 Å². The number of aryl methyl sites for hydroxylation is 1. The molecule has 0 spiro atoms. The normalized spacial score (nSPS) is 13.5. The number of nitrogens with zero attached hydrogens (tertiary/aromatic N) is 3. The molecule has 2 aromatic rings. The van der Waals surface area contributed by atoms with Crippen LogP contribution in [0.1, 0.15) is 24.2 Å². The Balaban J connectivity index is 1.61. The Kier molecular flexibility index (Phi) is 5.75. The van der Waals surface area contributed by atoms with E-state index in [0.29, 0.717) is 35.9 Å². The van der Waals surface area contributed by atoms with Crippen LogP contribution in [0.2, 0.25) is 0 Å². The standard InChI is InChI=1S/C18H22N4O2S/c1-3-9-22-16(11-24-15-6-4-5-13(2)10-15)20-21-18(22)25-12-17(23)19-14-7-8-14/h3-6,10,14H,1,7-9,11-12H2,2H3,(H,19,23). The van der Waals surface area contributed by atoms with Crippen LogP contribution in [-0.4, -0.2) is 32.5 Å². The van der Waals surface area contributed by atoms with E-state index < -0.39 is 0 Å². The van der Waals surface area contributed by atoms with Crippen LogP contribution in [0.15, 0.2) is 42.1 Å². The number of hydrogen-bond acceptors (Lipinski definition) is 5. The first-order chi connectivity index (χ1) is 12.2. The van der Waals surface area contributed by atoms with Crippen LogP contribution in [0.3, 0.4) is 0 Å². The summed E-state index contributed by atoms with van der Waals surface area (Å²) in [5, 5.41) is 12.1. The molecular formula is C18H22N4O2S. The zero-order valence-corrected chi connectivity index (χ0v) is 15.1. The molecule has 25 heavy (non-hydrogen) atoms. The molecule has 1 amide bonds. The van der Waals surface area contributed by atoms with Gasteiger partial charge in [-0.25, -0.2) is 0 Å². The first-order valence-electron chi connectivity index (χ1n) is 8.30. The molecule has 1 aliphatic carbocycles. The van der Waals surface area contributed by atoms with Gasteiger partial charge in [-0.05, 0) is 37.5 Å². The molecule has 7 heteroatoms. The summed E-state index contributed by atoms with van der Waals surface area (Å²) in [5.74, 6) is 1.89. The largest absolute Gasteiger partial charge is 0.486 e. The van der Waals surface area contributed by atoms with E-state index in [0.717, 1.165) is 24.2 Å². The van der Waals surface area contributed by atoms with E-state index in [9.17, 15) is 4.79 Å². The van der Waals surface area contributed by atoms with E-state index in [1.54, 1.807) is 6.08 Å². The Hall–Kier alpha value is -2.28. The van der Waals surface area contributed by atoms with E-state index in [4.69, 9.17) is 4.74 Å². The number of rotatable bonds is 9. The van der Waals surface area contributed by atoms with E-state index in [1.165, 1.54) is 11.8 Å². The zero-order valence-electron chi connectivity index (χ0n) is 14.3. The van der Waals surface area contributed by atoms with Crippen molar-refractivity contribution in [2.24, 2.45) is 0 Å². The summed E-state index contributed by atoms with van der Waals surface area (Å²) in [6.45, 7) is 6.70. The molecular weight excluding hydrogens is 336 g/mol. The second kappa shape index (κ2) is 8.20. The fourth-order valence-corrected chi connectivity index (χ4v) is 3.10. The predicted octanol–water partition coefficient (Wildman–Crippen LogP) is 2.72. The number of allylic oxidation sites excluding steroid dienone is 1. The first kappa shape index (κ1) is 17.5. The van der Waals surface area contributed by atoms with Gasteiger partial charge in [0.15, 0.2) is 11.0 Å². The van der Waals surface area contributed by atoms with Gasteiger partial charge in [0.1, 0.15) is 12.4 Å². The molecule has 1 saturated carbocycles. The lowest BCUT2D eigenvalue weighted by Crippen LogP contribution is -2.27. The Morgan fingerprint density at radius 1 is 1.48 bits per heavy atom. The monoisotopic (exact) mass is 358 g/mol.